The molecule has 21 heavy (non-hydrogen) atoms. The summed E-state index contributed by atoms with van der Waals surface area (Å²) < 4.78 is 4.65. The number of tetrazole rings is 1. The normalized spacial score (nSPS) is 11.9. The number of rotatable bonds is 6. The van der Waals surface area contributed by atoms with Crippen molar-refractivity contribution in [2.75, 3.05) is 7.11 Å². The van der Waals surface area contributed by atoms with E-state index in [1.54, 1.807) is 24.3 Å². The summed E-state index contributed by atoms with van der Waals surface area (Å²) in [6.45, 7) is 0. The number of nitrogens with one attached hydrogen (secondary N) is 2. The quantitative estimate of drug-likeness (QED) is 0.616. The first kappa shape index (κ1) is 14.6. The standard InChI is InChI=1S/C12H13N5O4/c1-21-11(12(19)20)13-9(18)6-7-4-2-3-5-8(7)10-14-16-17-15-10/h2-5,11H,6H2,1H3,(H,13,18)(H,19,20)(H,14,15,16,17). The van der Waals surface area contributed by atoms with E-state index in [2.05, 4.69) is 30.7 Å². The van der Waals surface area contributed by atoms with Gasteiger partial charge in [0.1, 0.15) is 0 Å². The van der Waals surface area contributed by atoms with Crippen LogP contribution >= 0.6 is 0 Å². The SMILES string of the molecule is COC(NC(=O)Cc1ccccc1-c1nn[nH]n1)C(=O)O. The van der Waals surface area contributed by atoms with Gasteiger partial charge >= 0.3 is 5.97 Å². The van der Waals surface area contributed by atoms with E-state index in [0.717, 1.165) is 0 Å². The number of aromatic nitrogens is 4. The molecule has 0 aliphatic rings. The van der Waals surface area contributed by atoms with E-state index in [1.807, 2.05) is 0 Å². The van der Waals surface area contributed by atoms with Crippen LogP contribution in [0.2, 0.25) is 0 Å². The topological polar surface area (TPSA) is 130 Å². The molecular formula is C12H13N5O4. The molecule has 0 bridgehead atoms. The Morgan fingerprint density at radius 1 is 1.43 bits per heavy atom. The van der Waals surface area contributed by atoms with Crippen LogP contribution in [0, 0.1) is 0 Å². The van der Waals surface area contributed by atoms with E-state index in [1.165, 1.54) is 7.11 Å². The first-order valence-corrected chi connectivity index (χ1v) is 5.98. The van der Waals surface area contributed by atoms with Crippen LogP contribution in [0.15, 0.2) is 24.3 Å². The van der Waals surface area contributed by atoms with E-state index in [4.69, 9.17) is 5.11 Å². The molecule has 1 aromatic heterocycles. The van der Waals surface area contributed by atoms with Gasteiger partial charge in [0.05, 0.1) is 6.42 Å². The Morgan fingerprint density at radius 3 is 2.81 bits per heavy atom. The highest BCUT2D eigenvalue weighted by molar-refractivity contribution is 5.85. The lowest BCUT2D eigenvalue weighted by atomic mass is 10.0. The second-order valence-corrected chi connectivity index (χ2v) is 4.09. The minimum absolute atomic E-state index is 0.0299. The Kier molecular flexibility index (Phi) is 4.57. The number of aliphatic carboxylic acids is 1. The van der Waals surface area contributed by atoms with Crippen LogP contribution in [-0.4, -0.2) is 50.9 Å². The maximum atomic E-state index is 11.9. The number of carbonyl (C=O) groups excluding carboxylic acids is 1. The van der Waals surface area contributed by atoms with Crippen LogP contribution in [0.25, 0.3) is 11.4 Å². The minimum atomic E-state index is -1.38. The lowest BCUT2D eigenvalue weighted by Crippen LogP contribution is -2.42. The number of ether oxygens (including phenoxy) is 1. The van der Waals surface area contributed by atoms with Crippen LogP contribution in [0.3, 0.4) is 0 Å². The number of hydrogen-bond acceptors (Lipinski definition) is 6. The van der Waals surface area contributed by atoms with Gasteiger partial charge in [-0.05, 0) is 10.8 Å². The summed E-state index contributed by atoms with van der Waals surface area (Å²) in [4.78, 5) is 22.7. The molecule has 0 radical (unpaired) electrons. The van der Waals surface area contributed by atoms with Crippen molar-refractivity contribution < 1.29 is 19.4 Å². The Hall–Kier alpha value is -2.81. The van der Waals surface area contributed by atoms with E-state index < -0.39 is 18.1 Å². The van der Waals surface area contributed by atoms with E-state index in [-0.39, 0.29) is 6.42 Å². The predicted octanol–water partition coefficient (Wildman–Crippen LogP) is -0.418. The van der Waals surface area contributed by atoms with E-state index in [0.29, 0.717) is 17.0 Å². The summed E-state index contributed by atoms with van der Waals surface area (Å²) in [6, 6.07) is 7.02. The van der Waals surface area contributed by atoms with Crippen LogP contribution in [0.5, 0.6) is 0 Å². The maximum Gasteiger partial charge on any atom is 0.354 e. The number of carbonyl (C=O) groups is 2. The smallest absolute Gasteiger partial charge is 0.354 e. The second-order valence-electron chi connectivity index (χ2n) is 4.09. The minimum Gasteiger partial charge on any atom is -0.478 e. The number of nitrogens with zero attached hydrogens (tertiary/aromatic N) is 3. The second kappa shape index (κ2) is 6.57. The molecule has 0 aliphatic carbocycles. The van der Waals surface area contributed by atoms with Gasteiger partial charge in [0, 0.05) is 12.7 Å². The molecule has 0 spiro atoms. The highest BCUT2D eigenvalue weighted by atomic mass is 16.5. The van der Waals surface area contributed by atoms with Gasteiger partial charge in [0.2, 0.25) is 18.0 Å². The molecule has 0 saturated carbocycles. The van der Waals surface area contributed by atoms with Gasteiger partial charge in [-0.2, -0.15) is 5.21 Å². The molecule has 9 heteroatoms. The lowest BCUT2D eigenvalue weighted by Gasteiger charge is -2.13. The number of H-pyrrole nitrogens is 1. The average molecular weight is 291 g/mol. The van der Waals surface area contributed by atoms with Gasteiger partial charge in [-0.15, -0.1) is 10.2 Å². The van der Waals surface area contributed by atoms with E-state index >= 15 is 0 Å². The number of carboxylic acid groups (broad SMARTS) is 1. The molecule has 1 unspecified atom stereocenters. The zero-order valence-electron chi connectivity index (χ0n) is 11.1. The van der Waals surface area contributed by atoms with Crippen molar-refractivity contribution in [3.05, 3.63) is 29.8 Å². The fraction of sp³-hybridized carbons (Fsp3) is 0.250. The van der Waals surface area contributed by atoms with Gasteiger partial charge in [0.25, 0.3) is 0 Å². The third-order valence-electron chi connectivity index (χ3n) is 2.71. The number of carboxylic acids is 1. The molecule has 2 aromatic rings. The highest BCUT2D eigenvalue weighted by Gasteiger charge is 2.20. The van der Waals surface area contributed by atoms with Crippen molar-refractivity contribution in [1.82, 2.24) is 25.9 Å². The molecule has 1 amide bonds. The van der Waals surface area contributed by atoms with Crippen LogP contribution < -0.4 is 5.32 Å². The molecule has 9 nitrogen and oxygen atoms in total. The molecule has 3 N–H and O–H groups in total. The number of benzene rings is 1. The summed E-state index contributed by atoms with van der Waals surface area (Å²) in [5.41, 5.74) is 1.29. The molecule has 1 atom stereocenters. The molecule has 1 heterocycles. The number of amides is 1. The van der Waals surface area contributed by atoms with Gasteiger partial charge < -0.3 is 15.2 Å². The van der Waals surface area contributed by atoms with Crippen LogP contribution in [-0.2, 0) is 20.7 Å². The summed E-state index contributed by atoms with van der Waals surface area (Å²) >= 11 is 0. The maximum absolute atomic E-state index is 11.9. The monoisotopic (exact) mass is 291 g/mol. The summed E-state index contributed by atoms with van der Waals surface area (Å²) in [7, 11) is 1.20. The molecule has 0 aliphatic heterocycles. The Labute approximate surface area is 119 Å². The predicted molar refractivity (Wildman–Crippen MR) is 69.9 cm³/mol. The summed E-state index contributed by atoms with van der Waals surface area (Å²) in [5.74, 6) is -1.39. The van der Waals surface area contributed by atoms with Crippen molar-refractivity contribution in [1.29, 1.82) is 0 Å². The Morgan fingerprint density at radius 2 is 2.19 bits per heavy atom. The van der Waals surface area contributed by atoms with Crippen molar-refractivity contribution >= 4 is 11.9 Å². The van der Waals surface area contributed by atoms with Crippen molar-refractivity contribution in [2.24, 2.45) is 0 Å². The number of aromatic amines is 1. The zero-order valence-corrected chi connectivity index (χ0v) is 11.1. The zero-order chi connectivity index (χ0) is 15.2. The van der Waals surface area contributed by atoms with Crippen molar-refractivity contribution in [2.45, 2.75) is 12.6 Å². The van der Waals surface area contributed by atoms with Gasteiger partial charge in [-0.3, -0.25) is 4.79 Å². The average Bonchev–Trinajstić information content (AvgIpc) is 2.99. The summed E-state index contributed by atoms with van der Waals surface area (Å²) in [5, 5.41) is 24.6. The lowest BCUT2D eigenvalue weighted by molar-refractivity contribution is -0.153. The fourth-order valence-corrected chi connectivity index (χ4v) is 1.76. The van der Waals surface area contributed by atoms with Gasteiger partial charge in [-0.1, -0.05) is 24.3 Å². The third-order valence-corrected chi connectivity index (χ3v) is 2.71. The first-order chi connectivity index (χ1) is 10.1. The van der Waals surface area contributed by atoms with E-state index in [9.17, 15) is 9.59 Å². The van der Waals surface area contributed by atoms with Crippen LogP contribution in [0.4, 0.5) is 0 Å². The largest absolute Gasteiger partial charge is 0.478 e. The number of hydrogen-bond donors (Lipinski definition) is 3. The molecule has 2 rings (SSSR count). The fourth-order valence-electron chi connectivity index (χ4n) is 1.76. The first-order valence-electron chi connectivity index (χ1n) is 5.98. The Balaban J connectivity index is 2.13. The Bertz CT molecular complexity index is 628. The highest BCUT2D eigenvalue weighted by Crippen LogP contribution is 2.19. The molecule has 0 fully saturated rings. The molecule has 1 aromatic carbocycles. The third kappa shape index (κ3) is 3.60. The van der Waals surface area contributed by atoms with Gasteiger partial charge in [0.15, 0.2) is 0 Å². The van der Waals surface area contributed by atoms with Crippen molar-refractivity contribution in [3.63, 3.8) is 0 Å². The molecule has 110 valence electrons. The molecule has 0 saturated heterocycles. The summed E-state index contributed by atoms with van der Waals surface area (Å²) in [6.07, 6.45) is -1.41. The van der Waals surface area contributed by atoms with Crippen LogP contribution in [0.1, 0.15) is 5.56 Å². The van der Waals surface area contributed by atoms with Gasteiger partial charge in [-0.25, -0.2) is 4.79 Å². The van der Waals surface area contributed by atoms with Crippen molar-refractivity contribution in [3.8, 4) is 11.4 Å². The molecular weight excluding hydrogens is 278 g/mol. The number of methoxy groups -OCH3 is 1.